The van der Waals surface area contributed by atoms with Gasteiger partial charge in [-0.3, -0.25) is 0 Å². The van der Waals surface area contributed by atoms with Crippen LogP contribution < -0.4 is 5.73 Å². The van der Waals surface area contributed by atoms with Crippen molar-refractivity contribution in [2.24, 2.45) is 5.73 Å². The summed E-state index contributed by atoms with van der Waals surface area (Å²) in [4.78, 5) is 0. The van der Waals surface area contributed by atoms with E-state index in [2.05, 4.69) is 25.1 Å². The molecule has 0 saturated heterocycles. The van der Waals surface area contributed by atoms with E-state index in [0.717, 1.165) is 6.54 Å². The first-order valence-electron chi connectivity index (χ1n) is 4.61. The number of rotatable bonds is 1. The zero-order valence-corrected chi connectivity index (χ0v) is 7.51. The fourth-order valence-corrected chi connectivity index (χ4v) is 2.25. The molecule has 1 aliphatic carbocycles. The summed E-state index contributed by atoms with van der Waals surface area (Å²) in [6.45, 7) is 2.99. The van der Waals surface area contributed by atoms with Gasteiger partial charge < -0.3 is 5.73 Å². The molecule has 1 aliphatic rings. The minimum absolute atomic E-state index is 0.626. The Morgan fingerprint density at radius 3 is 3.08 bits per heavy atom. The SMILES string of the molecule is Cc1cccc2c1C(CN)CC2. The van der Waals surface area contributed by atoms with E-state index in [1.807, 2.05) is 0 Å². The molecular weight excluding hydrogens is 146 g/mol. The monoisotopic (exact) mass is 161 g/mol. The normalized spacial score (nSPS) is 21.0. The fourth-order valence-electron chi connectivity index (χ4n) is 2.25. The minimum atomic E-state index is 0.626. The van der Waals surface area contributed by atoms with Gasteiger partial charge in [0.2, 0.25) is 0 Å². The maximum Gasteiger partial charge on any atom is -0.000792 e. The highest BCUT2D eigenvalue weighted by atomic mass is 14.6. The Balaban J connectivity index is 2.48. The summed E-state index contributed by atoms with van der Waals surface area (Å²) in [6.07, 6.45) is 2.47. The molecule has 12 heavy (non-hydrogen) atoms. The van der Waals surface area contributed by atoms with Crippen molar-refractivity contribution in [1.82, 2.24) is 0 Å². The van der Waals surface area contributed by atoms with E-state index in [9.17, 15) is 0 Å². The second-order valence-corrected chi connectivity index (χ2v) is 3.62. The molecule has 1 aromatic rings. The number of hydrogen-bond donors (Lipinski definition) is 1. The maximum absolute atomic E-state index is 5.72. The quantitative estimate of drug-likeness (QED) is 0.669. The van der Waals surface area contributed by atoms with Crippen LogP contribution in [-0.2, 0) is 6.42 Å². The highest BCUT2D eigenvalue weighted by molar-refractivity contribution is 5.41. The Labute approximate surface area is 73.6 Å². The Morgan fingerprint density at radius 2 is 2.33 bits per heavy atom. The second kappa shape index (κ2) is 2.91. The number of nitrogens with two attached hydrogens (primary N) is 1. The van der Waals surface area contributed by atoms with Crippen molar-refractivity contribution in [3.63, 3.8) is 0 Å². The average molecular weight is 161 g/mol. The third-order valence-electron chi connectivity index (χ3n) is 2.87. The van der Waals surface area contributed by atoms with Crippen LogP contribution in [0.2, 0.25) is 0 Å². The van der Waals surface area contributed by atoms with Crippen molar-refractivity contribution in [3.8, 4) is 0 Å². The summed E-state index contributed by atoms with van der Waals surface area (Å²) in [6, 6.07) is 6.57. The predicted molar refractivity (Wildman–Crippen MR) is 51.3 cm³/mol. The Kier molecular flexibility index (Phi) is 1.89. The van der Waals surface area contributed by atoms with Gasteiger partial charge in [-0.15, -0.1) is 0 Å². The van der Waals surface area contributed by atoms with E-state index in [1.165, 1.54) is 29.5 Å². The topological polar surface area (TPSA) is 26.0 Å². The van der Waals surface area contributed by atoms with Crippen molar-refractivity contribution in [2.75, 3.05) is 6.54 Å². The first-order valence-corrected chi connectivity index (χ1v) is 4.61. The van der Waals surface area contributed by atoms with Gasteiger partial charge in [0.05, 0.1) is 0 Å². The highest BCUT2D eigenvalue weighted by Crippen LogP contribution is 2.34. The molecule has 0 aliphatic heterocycles. The average Bonchev–Trinajstić information content (AvgIpc) is 2.49. The lowest BCUT2D eigenvalue weighted by Crippen LogP contribution is -2.10. The third kappa shape index (κ3) is 1.05. The summed E-state index contributed by atoms with van der Waals surface area (Å²) in [7, 11) is 0. The largest absolute Gasteiger partial charge is 0.330 e. The highest BCUT2D eigenvalue weighted by Gasteiger charge is 2.21. The van der Waals surface area contributed by atoms with Crippen LogP contribution in [0.4, 0.5) is 0 Å². The zero-order chi connectivity index (χ0) is 8.55. The van der Waals surface area contributed by atoms with E-state index < -0.39 is 0 Å². The van der Waals surface area contributed by atoms with Gasteiger partial charge >= 0.3 is 0 Å². The van der Waals surface area contributed by atoms with E-state index in [1.54, 1.807) is 0 Å². The molecule has 1 heteroatoms. The molecule has 2 N–H and O–H groups in total. The van der Waals surface area contributed by atoms with E-state index in [4.69, 9.17) is 5.73 Å². The molecule has 1 nitrogen and oxygen atoms in total. The van der Waals surface area contributed by atoms with Gasteiger partial charge in [0.1, 0.15) is 0 Å². The Morgan fingerprint density at radius 1 is 1.50 bits per heavy atom. The predicted octanol–water partition coefficient (Wildman–Crippen LogP) is 1.98. The molecule has 0 fully saturated rings. The lowest BCUT2D eigenvalue weighted by Gasteiger charge is -2.10. The molecule has 1 atom stereocenters. The number of aryl methyl sites for hydroxylation is 2. The van der Waals surface area contributed by atoms with E-state index >= 15 is 0 Å². The second-order valence-electron chi connectivity index (χ2n) is 3.62. The van der Waals surface area contributed by atoms with Crippen LogP contribution in [0.1, 0.15) is 29.0 Å². The molecule has 0 radical (unpaired) electrons. The van der Waals surface area contributed by atoms with Crippen molar-refractivity contribution >= 4 is 0 Å². The van der Waals surface area contributed by atoms with Crippen LogP contribution in [0.3, 0.4) is 0 Å². The number of hydrogen-bond acceptors (Lipinski definition) is 1. The fraction of sp³-hybridized carbons (Fsp3) is 0.455. The smallest absolute Gasteiger partial charge is 0.000792 e. The first kappa shape index (κ1) is 7.81. The molecule has 0 saturated carbocycles. The minimum Gasteiger partial charge on any atom is -0.330 e. The third-order valence-corrected chi connectivity index (χ3v) is 2.87. The summed E-state index contributed by atoms with van der Waals surface area (Å²) in [5, 5.41) is 0. The molecule has 1 aromatic carbocycles. The van der Waals surface area contributed by atoms with Crippen molar-refractivity contribution in [1.29, 1.82) is 0 Å². The molecular formula is C11H15N. The van der Waals surface area contributed by atoms with Crippen LogP contribution in [0.15, 0.2) is 18.2 Å². The van der Waals surface area contributed by atoms with Crippen molar-refractivity contribution in [3.05, 3.63) is 34.9 Å². The number of benzene rings is 1. The van der Waals surface area contributed by atoms with Gasteiger partial charge in [0.15, 0.2) is 0 Å². The van der Waals surface area contributed by atoms with Crippen LogP contribution in [0.5, 0.6) is 0 Å². The molecule has 0 amide bonds. The van der Waals surface area contributed by atoms with Gasteiger partial charge in [0.25, 0.3) is 0 Å². The molecule has 2 rings (SSSR count). The van der Waals surface area contributed by atoms with E-state index in [0.29, 0.717) is 5.92 Å². The van der Waals surface area contributed by atoms with Crippen LogP contribution in [-0.4, -0.2) is 6.54 Å². The molecule has 1 unspecified atom stereocenters. The van der Waals surface area contributed by atoms with Gasteiger partial charge in [-0.1, -0.05) is 18.2 Å². The molecule has 0 heterocycles. The van der Waals surface area contributed by atoms with Gasteiger partial charge in [-0.05, 0) is 48.9 Å². The molecule has 0 aromatic heterocycles. The number of fused-ring (bicyclic) bond motifs is 1. The van der Waals surface area contributed by atoms with Crippen molar-refractivity contribution < 1.29 is 0 Å². The van der Waals surface area contributed by atoms with Crippen LogP contribution in [0, 0.1) is 6.92 Å². The molecule has 0 spiro atoms. The van der Waals surface area contributed by atoms with Crippen LogP contribution >= 0.6 is 0 Å². The first-order chi connectivity index (χ1) is 5.83. The molecule has 0 bridgehead atoms. The van der Waals surface area contributed by atoms with Gasteiger partial charge in [0, 0.05) is 0 Å². The van der Waals surface area contributed by atoms with Crippen LogP contribution in [0.25, 0.3) is 0 Å². The van der Waals surface area contributed by atoms with Gasteiger partial charge in [-0.25, -0.2) is 0 Å². The van der Waals surface area contributed by atoms with Gasteiger partial charge in [-0.2, -0.15) is 0 Å². The standard InChI is InChI=1S/C11H15N/c1-8-3-2-4-9-5-6-10(7-12)11(8)9/h2-4,10H,5-7,12H2,1H3. The Bertz CT molecular complexity index is 291. The van der Waals surface area contributed by atoms with Crippen molar-refractivity contribution in [2.45, 2.75) is 25.7 Å². The zero-order valence-electron chi connectivity index (χ0n) is 7.51. The summed E-state index contributed by atoms with van der Waals surface area (Å²) >= 11 is 0. The van der Waals surface area contributed by atoms with E-state index in [-0.39, 0.29) is 0 Å². The molecule has 64 valence electrons. The summed E-state index contributed by atoms with van der Waals surface area (Å²) in [5.41, 5.74) is 10.2. The lowest BCUT2D eigenvalue weighted by molar-refractivity contribution is 0.685. The summed E-state index contributed by atoms with van der Waals surface area (Å²) in [5.74, 6) is 0.626. The lowest BCUT2D eigenvalue weighted by atomic mass is 9.97. The maximum atomic E-state index is 5.72. The summed E-state index contributed by atoms with van der Waals surface area (Å²) < 4.78 is 0. The Hall–Kier alpha value is -0.820.